The number of halogens is 1. The predicted molar refractivity (Wildman–Crippen MR) is 118 cm³/mol. The number of thiophene rings is 1. The standard InChI is InChI=1S/C23H22ClN3OS/c1-13-7-8-19(29-13)20-16(12-25)22(26)27(15-6-4-5-14(24)9-15)17-10-23(2,3)11-18(28)21(17)20/h4-9,20H,10-11,26H2,1-3H3/t20-/m1/s1. The number of anilines is 1. The molecule has 0 saturated heterocycles. The summed E-state index contributed by atoms with van der Waals surface area (Å²) in [7, 11) is 0. The SMILES string of the molecule is Cc1ccc([C@H]2C(C#N)=C(N)N(c3cccc(Cl)c3)C3=C2C(=O)CC(C)(C)C3)s1. The van der Waals surface area contributed by atoms with Crippen LogP contribution in [0.3, 0.4) is 0 Å². The van der Waals surface area contributed by atoms with E-state index in [-0.39, 0.29) is 11.2 Å². The molecule has 0 amide bonds. The van der Waals surface area contributed by atoms with Crippen LogP contribution >= 0.6 is 22.9 Å². The fourth-order valence-electron chi connectivity index (χ4n) is 4.31. The molecular weight excluding hydrogens is 402 g/mol. The number of benzene rings is 1. The molecule has 0 unspecified atom stereocenters. The van der Waals surface area contributed by atoms with Gasteiger partial charge < -0.3 is 5.73 Å². The van der Waals surface area contributed by atoms with Crippen LogP contribution < -0.4 is 10.6 Å². The van der Waals surface area contributed by atoms with E-state index in [0.717, 1.165) is 21.1 Å². The van der Waals surface area contributed by atoms with Crippen molar-refractivity contribution in [1.29, 1.82) is 5.26 Å². The Balaban J connectivity index is 2.00. The summed E-state index contributed by atoms with van der Waals surface area (Å²) >= 11 is 7.85. The molecule has 0 bridgehead atoms. The largest absolute Gasteiger partial charge is 0.384 e. The van der Waals surface area contributed by atoms with Crippen molar-refractivity contribution in [2.75, 3.05) is 4.90 Å². The lowest BCUT2D eigenvalue weighted by Crippen LogP contribution is -2.42. The molecule has 0 saturated carbocycles. The summed E-state index contributed by atoms with van der Waals surface area (Å²) in [6.45, 7) is 6.21. The number of Topliss-reactive ketones (excluding diaryl/α,β-unsaturated/α-hetero) is 1. The van der Waals surface area contributed by atoms with Crippen molar-refractivity contribution < 1.29 is 4.79 Å². The minimum absolute atomic E-state index is 0.0829. The lowest BCUT2D eigenvalue weighted by molar-refractivity contribution is -0.118. The zero-order chi connectivity index (χ0) is 20.9. The van der Waals surface area contributed by atoms with Gasteiger partial charge >= 0.3 is 0 Å². The molecule has 1 aromatic carbocycles. The third kappa shape index (κ3) is 3.37. The lowest BCUT2D eigenvalue weighted by Gasteiger charge is -2.43. The molecule has 29 heavy (non-hydrogen) atoms. The van der Waals surface area contributed by atoms with Gasteiger partial charge in [0.2, 0.25) is 0 Å². The van der Waals surface area contributed by atoms with Gasteiger partial charge in [0.05, 0.1) is 17.6 Å². The van der Waals surface area contributed by atoms with E-state index in [1.54, 1.807) is 17.4 Å². The molecule has 2 N–H and O–H groups in total. The fraction of sp³-hybridized carbons (Fsp3) is 0.304. The van der Waals surface area contributed by atoms with Gasteiger partial charge in [-0.1, -0.05) is 31.5 Å². The van der Waals surface area contributed by atoms with E-state index in [1.807, 2.05) is 42.2 Å². The summed E-state index contributed by atoms with van der Waals surface area (Å²) in [6, 6.07) is 13.7. The number of aryl methyl sites for hydroxylation is 1. The molecule has 0 spiro atoms. The molecular formula is C23H22ClN3OS. The van der Waals surface area contributed by atoms with Gasteiger partial charge in [-0.05, 0) is 49.1 Å². The van der Waals surface area contributed by atoms with Gasteiger partial charge in [-0.3, -0.25) is 9.69 Å². The van der Waals surface area contributed by atoms with Crippen LogP contribution in [-0.2, 0) is 4.79 Å². The Morgan fingerprint density at radius 3 is 2.66 bits per heavy atom. The number of carbonyl (C=O) groups is 1. The van der Waals surface area contributed by atoms with Crippen LogP contribution in [0.4, 0.5) is 5.69 Å². The van der Waals surface area contributed by atoms with Crippen LogP contribution in [0.15, 0.2) is 59.1 Å². The Bertz CT molecular complexity index is 1120. The summed E-state index contributed by atoms with van der Waals surface area (Å²) in [5, 5.41) is 10.6. The number of allylic oxidation sites excluding steroid dienone is 3. The number of nitrogens with two attached hydrogens (primary N) is 1. The third-order valence-corrected chi connectivity index (χ3v) is 6.79. The molecule has 1 aromatic heterocycles. The van der Waals surface area contributed by atoms with Crippen molar-refractivity contribution in [1.82, 2.24) is 0 Å². The van der Waals surface area contributed by atoms with Crippen molar-refractivity contribution >= 4 is 34.4 Å². The Morgan fingerprint density at radius 1 is 1.28 bits per heavy atom. The average Bonchev–Trinajstić information content (AvgIpc) is 3.05. The van der Waals surface area contributed by atoms with Crippen LogP contribution in [0.5, 0.6) is 0 Å². The van der Waals surface area contributed by atoms with E-state index >= 15 is 0 Å². The summed E-state index contributed by atoms with van der Waals surface area (Å²) in [6.07, 6.45) is 1.15. The van der Waals surface area contributed by atoms with E-state index in [1.165, 1.54) is 0 Å². The Hall–Kier alpha value is -2.55. The first-order chi connectivity index (χ1) is 13.7. The second kappa shape index (κ2) is 7.05. The van der Waals surface area contributed by atoms with Gasteiger partial charge in [-0.15, -0.1) is 11.3 Å². The van der Waals surface area contributed by atoms with Crippen molar-refractivity contribution in [3.8, 4) is 6.07 Å². The van der Waals surface area contributed by atoms with Crippen molar-refractivity contribution in [2.24, 2.45) is 11.1 Å². The first-order valence-corrected chi connectivity index (χ1v) is 10.7. The molecule has 2 aliphatic rings. The van der Waals surface area contributed by atoms with Gasteiger partial charge in [0.1, 0.15) is 5.82 Å². The van der Waals surface area contributed by atoms with Crippen molar-refractivity contribution in [2.45, 2.75) is 39.5 Å². The van der Waals surface area contributed by atoms with Gasteiger partial charge in [0.15, 0.2) is 5.78 Å². The second-order valence-electron chi connectivity index (χ2n) is 8.41. The maximum atomic E-state index is 13.4. The molecule has 2 heterocycles. The first kappa shape index (κ1) is 19.8. The van der Waals surface area contributed by atoms with Gasteiger partial charge in [0.25, 0.3) is 0 Å². The minimum Gasteiger partial charge on any atom is -0.384 e. The number of hydrogen-bond donors (Lipinski definition) is 1. The second-order valence-corrected chi connectivity index (χ2v) is 10.2. The number of nitriles is 1. The number of carbonyl (C=O) groups excluding carboxylic acids is 1. The summed E-state index contributed by atoms with van der Waals surface area (Å²) in [5.41, 5.74) is 9.15. The van der Waals surface area contributed by atoms with Crippen LogP contribution in [0, 0.1) is 23.7 Å². The third-order valence-electron chi connectivity index (χ3n) is 5.49. The highest BCUT2D eigenvalue weighted by Gasteiger charge is 2.45. The molecule has 2 aromatic rings. The van der Waals surface area contributed by atoms with Gasteiger partial charge in [-0.25, -0.2) is 0 Å². The highest BCUT2D eigenvalue weighted by molar-refractivity contribution is 7.12. The molecule has 6 heteroatoms. The Kier molecular flexibility index (Phi) is 4.80. The van der Waals surface area contributed by atoms with Crippen LogP contribution in [-0.4, -0.2) is 5.78 Å². The molecule has 1 aliphatic carbocycles. The van der Waals surface area contributed by atoms with Gasteiger partial charge in [0, 0.05) is 38.2 Å². The zero-order valence-electron chi connectivity index (χ0n) is 16.6. The first-order valence-electron chi connectivity index (χ1n) is 9.50. The lowest BCUT2D eigenvalue weighted by atomic mass is 9.69. The zero-order valence-corrected chi connectivity index (χ0v) is 18.2. The summed E-state index contributed by atoms with van der Waals surface area (Å²) < 4.78 is 0. The van der Waals surface area contributed by atoms with E-state index in [9.17, 15) is 10.1 Å². The monoisotopic (exact) mass is 423 g/mol. The normalized spacial score (nSPS) is 21.3. The molecule has 148 valence electrons. The van der Waals surface area contributed by atoms with Gasteiger partial charge in [-0.2, -0.15) is 5.26 Å². The van der Waals surface area contributed by atoms with E-state index < -0.39 is 5.92 Å². The Morgan fingerprint density at radius 2 is 2.03 bits per heavy atom. The molecule has 0 radical (unpaired) electrons. The number of hydrogen-bond acceptors (Lipinski definition) is 5. The van der Waals surface area contributed by atoms with E-state index in [4.69, 9.17) is 17.3 Å². The van der Waals surface area contributed by atoms with Crippen molar-refractivity contribution in [3.05, 3.63) is 73.8 Å². The number of ketones is 1. The number of rotatable bonds is 2. The van der Waals surface area contributed by atoms with E-state index in [0.29, 0.717) is 34.8 Å². The summed E-state index contributed by atoms with van der Waals surface area (Å²) in [4.78, 5) is 17.3. The quantitative estimate of drug-likeness (QED) is 0.677. The van der Waals surface area contributed by atoms with Crippen LogP contribution in [0.25, 0.3) is 0 Å². The van der Waals surface area contributed by atoms with Crippen LogP contribution in [0.1, 0.15) is 42.4 Å². The van der Waals surface area contributed by atoms with Crippen molar-refractivity contribution in [3.63, 3.8) is 0 Å². The number of nitrogens with zero attached hydrogens (tertiary/aromatic N) is 2. The highest BCUT2D eigenvalue weighted by Crippen LogP contribution is 2.51. The van der Waals surface area contributed by atoms with E-state index in [2.05, 4.69) is 19.9 Å². The Labute approximate surface area is 179 Å². The summed E-state index contributed by atoms with van der Waals surface area (Å²) in [5.74, 6) is 0.0439. The topological polar surface area (TPSA) is 70.1 Å². The predicted octanol–water partition coefficient (Wildman–Crippen LogP) is 5.65. The molecule has 0 fully saturated rings. The maximum absolute atomic E-state index is 13.4. The highest BCUT2D eigenvalue weighted by atomic mass is 35.5. The molecule has 4 rings (SSSR count). The smallest absolute Gasteiger partial charge is 0.162 e. The average molecular weight is 424 g/mol. The minimum atomic E-state index is -0.410. The molecule has 1 atom stereocenters. The molecule has 1 aliphatic heterocycles. The fourth-order valence-corrected chi connectivity index (χ4v) is 5.49. The maximum Gasteiger partial charge on any atom is 0.162 e. The molecule has 4 nitrogen and oxygen atoms in total. The van der Waals surface area contributed by atoms with Crippen LogP contribution in [0.2, 0.25) is 5.02 Å².